The monoisotopic (exact) mass is 593 g/mol. The van der Waals surface area contributed by atoms with Gasteiger partial charge >= 0.3 is 5.97 Å². The van der Waals surface area contributed by atoms with Crippen molar-refractivity contribution in [2.24, 2.45) is 4.99 Å². The Morgan fingerprint density at radius 3 is 2.45 bits per heavy atom. The largest absolute Gasteiger partial charge is 0.497 e. The first-order valence-corrected chi connectivity index (χ1v) is 14.5. The molecule has 0 saturated carbocycles. The maximum Gasteiger partial charge on any atom is 0.344 e. The topological polar surface area (TPSA) is 109 Å². The molecular weight excluding hydrogens is 558 g/mol. The number of thiazole rings is 1. The molecule has 1 amide bonds. The number of amides is 1. The minimum atomic E-state index is -0.808. The number of para-hydroxylation sites is 1. The lowest BCUT2D eigenvalue weighted by Crippen LogP contribution is -2.43. The highest BCUT2D eigenvalue weighted by Crippen LogP contribution is 2.38. The predicted molar refractivity (Wildman–Crippen MR) is 160 cm³/mol. The molecule has 2 heterocycles. The molecule has 1 aromatic heterocycles. The molecule has 0 unspecified atom stereocenters. The Labute approximate surface area is 248 Å². The first-order chi connectivity index (χ1) is 20.3. The third kappa shape index (κ3) is 6.11. The maximum absolute atomic E-state index is 14.1. The van der Waals surface area contributed by atoms with Crippen molar-refractivity contribution in [2.45, 2.75) is 33.7 Å². The first kappa shape index (κ1) is 30.6. The highest BCUT2D eigenvalue weighted by Gasteiger charge is 2.36. The molecule has 0 bridgehead atoms. The number of likely N-dealkylation sites (N-methyl/N-ethyl adjacent to an activating group) is 1. The van der Waals surface area contributed by atoms with Gasteiger partial charge in [-0.2, -0.15) is 0 Å². The zero-order chi connectivity index (χ0) is 30.4. The molecular formula is C31H35N3O7S. The Bertz CT molecular complexity index is 1680. The number of methoxy groups -OCH3 is 2. The fourth-order valence-electron chi connectivity index (χ4n) is 4.84. The molecule has 0 spiro atoms. The summed E-state index contributed by atoms with van der Waals surface area (Å²) in [5.74, 6) is 0.802. The second kappa shape index (κ2) is 13.5. The summed E-state index contributed by atoms with van der Waals surface area (Å²) in [7, 11) is 3.10. The van der Waals surface area contributed by atoms with Gasteiger partial charge in [0.1, 0.15) is 23.3 Å². The van der Waals surface area contributed by atoms with Crippen molar-refractivity contribution in [1.82, 2.24) is 9.47 Å². The van der Waals surface area contributed by atoms with E-state index >= 15 is 0 Å². The van der Waals surface area contributed by atoms with Gasteiger partial charge in [0.2, 0.25) is 0 Å². The third-order valence-electron chi connectivity index (χ3n) is 6.89. The summed E-state index contributed by atoms with van der Waals surface area (Å²) in [5, 5.41) is 0. The molecule has 1 aliphatic rings. The van der Waals surface area contributed by atoms with E-state index in [1.807, 2.05) is 19.9 Å². The molecule has 0 radical (unpaired) electrons. The van der Waals surface area contributed by atoms with Crippen molar-refractivity contribution >= 4 is 29.3 Å². The summed E-state index contributed by atoms with van der Waals surface area (Å²) >= 11 is 1.21. The number of benzene rings is 2. The van der Waals surface area contributed by atoms with Gasteiger partial charge in [-0.15, -0.1) is 0 Å². The normalized spacial score (nSPS) is 14.6. The quantitative estimate of drug-likeness (QED) is 0.315. The SMILES string of the molecule is CCOC(=O)COc1ccccc1/C=c1/sc2n(c1=O)[C@@H](c1cc(OC)ccc1OC)C(C(=O)N(CC)CC)=C(C)N=2. The van der Waals surface area contributed by atoms with Gasteiger partial charge in [-0.3, -0.25) is 14.2 Å². The van der Waals surface area contributed by atoms with E-state index in [0.29, 0.717) is 62.1 Å². The van der Waals surface area contributed by atoms with Gasteiger partial charge in [-0.1, -0.05) is 29.5 Å². The Balaban J connectivity index is 1.93. The second-order valence-corrected chi connectivity index (χ2v) is 10.3. The van der Waals surface area contributed by atoms with Crippen molar-refractivity contribution in [2.75, 3.05) is 40.5 Å². The van der Waals surface area contributed by atoms with Crippen LogP contribution in [0.25, 0.3) is 6.08 Å². The van der Waals surface area contributed by atoms with E-state index < -0.39 is 12.0 Å². The molecule has 10 nitrogen and oxygen atoms in total. The molecule has 222 valence electrons. The van der Waals surface area contributed by atoms with Gasteiger partial charge in [-0.05, 0) is 58.0 Å². The van der Waals surface area contributed by atoms with E-state index in [-0.39, 0.29) is 24.7 Å². The van der Waals surface area contributed by atoms with Crippen LogP contribution >= 0.6 is 11.3 Å². The lowest BCUT2D eigenvalue weighted by molar-refractivity contribution is -0.145. The first-order valence-electron chi connectivity index (χ1n) is 13.7. The van der Waals surface area contributed by atoms with Crippen LogP contribution in [-0.4, -0.2) is 61.9 Å². The second-order valence-electron chi connectivity index (χ2n) is 9.30. The van der Waals surface area contributed by atoms with Gasteiger partial charge < -0.3 is 23.8 Å². The number of nitrogens with zero attached hydrogens (tertiary/aromatic N) is 3. The summed E-state index contributed by atoms with van der Waals surface area (Å²) < 4.78 is 23.8. The van der Waals surface area contributed by atoms with E-state index in [1.165, 1.54) is 11.3 Å². The van der Waals surface area contributed by atoms with E-state index in [0.717, 1.165) is 0 Å². The average Bonchev–Trinajstić information content (AvgIpc) is 3.30. The van der Waals surface area contributed by atoms with Crippen molar-refractivity contribution in [3.63, 3.8) is 0 Å². The van der Waals surface area contributed by atoms with E-state index in [2.05, 4.69) is 0 Å². The molecule has 2 aromatic carbocycles. The van der Waals surface area contributed by atoms with Crippen LogP contribution in [0.5, 0.6) is 17.2 Å². The maximum atomic E-state index is 14.1. The molecule has 3 aromatic rings. The molecule has 1 aliphatic heterocycles. The van der Waals surface area contributed by atoms with Crippen molar-refractivity contribution in [3.05, 3.63) is 84.5 Å². The number of rotatable bonds is 11. The highest BCUT2D eigenvalue weighted by molar-refractivity contribution is 7.07. The summed E-state index contributed by atoms with van der Waals surface area (Å²) in [6.45, 7) is 8.33. The van der Waals surface area contributed by atoms with E-state index in [9.17, 15) is 14.4 Å². The van der Waals surface area contributed by atoms with Crippen LogP contribution in [0.2, 0.25) is 0 Å². The lowest BCUT2D eigenvalue weighted by atomic mass is 9.93. The Morgan fingerprint density at radius 2 is 1.79 bits per heavy atom. The third-order valence-corrected chi connectivity index (χ3v) is 7.87. The van der Waals surface area contributed by atoms with Crippen molar-refractivity contribution in [3.8, 4) is 17.2 Å². The van der Waals surface area contributed by atoms with Crippen LogP contribution in [0.15, 0.2) is 63.5 Å². The Kier molecular flexibility index (Phi) is 9.84. The fraction of sp³-hybridized carbons (Fsp3) is 0.355. The molecule has 1 atom stereocenters. The number of carbonyl (C=O) groups excluding carboxylic acids is 2. The van der Waals surface area contributed by atoms with Crippen LogP contribution in [0.4, 0.5) is 0 Å². The van der Waals surface area contributed by atoms with Gasteiger partial charge in [0.05, 0.1) is 36.6 Å². The fourth-order valence-corrected chi connectivity index (χ4v) is 5.87. The van der Waals surface area contributed by atoms with Gasteiger partial charge in [0.25, 0.3) is 11.5 Å². The number of allylic oxidation sites excluding steroid dienone is 1. The summed E-state index contributed by atoms with van der Waals surface area (Å²) in [6.07, 6.45) is 1.70. The van der Waals surface area contributed by atoms with Crippen molar-refractivity contribution < 1.29 is 28.5 Å². The summed E-state index contributed by atoms with van der Waals surface area (Å²) in [4.78, 5) is 46.8. The predicted octanol–water partition coefficient (Wildman–Crippen LogP) is 3.06. The minimum absolute atomic E-state index is 0.205. The lowest BCUT2D eigenvalue weighted by Gasteiger charge is -2.30. The number of fused-ring (bicyclic) bond motifs is 1. The number of esters is 1. The van der Waals surface area contributed by atoms with Crippen LogP contribution in [0.1, 0.15) is 44.9 Å². The molecule has 0 saturated heterocycles. The van der Waals surface area contributed by atoms with E-state index in [1.54, 1.807) is 80.0 Å². The summed E-state index contributed by atoms with van der Waals surface area (Å²) in [6, 6.07) is 11.6. The van der Waals surface area contributed by atoms with Crippen LogP contribution in [0.3, 0.4) is 0 Å². The highest BCUT2D eigenvalue weighted by atomic mass is 32.1. The molecule has 42 heavy (non-hydrogen) atoms. The minimum Gasteiger partial charge on any atom is -0.497 e. The molecule has 0 N–H and O–H groups in total. The molecule has 11 heteroatoms. The van der Waals surface area contributed by atoms with E-state index in [4.69, 9.17) is 23.9 Å². The smallest absolute Gasteiger partial charge is 0.344 e. The summed E-state index contributed by atoms with van der Waals surface area (Å²) in [5.41, 5.74) is 1.80. The van der Waals surface area contributed by atoms with Crippen LogP contribution in [0, 0.1) is 0 Å². The van der Waals surface area contributed by atoms with Gasteiger partial charge in [0.15, 0.2) is 11.4 Å². The number of hydrogen-bond donors (Lipinski definition) is 0. The van der Waals surface area contributed by atoms with Crippen LogP contribution in [-0.2, 0) is 14.3 Å². The number of aromatic nitrogens is 1. The average molecular weight is 594 g/mol. The molecule has 0 aliphatic carbocycles. The molecule has 4 rings (SSSR count). The van der Waals surface area contributed by atoms with Gasteiger partial charge in [-0.25, -0.2) is 9.79 Å². The number of ether oxygens (including phenoxy) is 4. The zero-order valence-electron chi connectivity index (χ0n) is 24.6. The number of hydrogen-bond acceptors (Lipinski definition) is 9. The van der Waals surface area contributed by atoms with Crippen LogP contribution < -0.4 is 29.1 Å². The van der Waals surface area contributed by atoms with Crippen molar-refractivity contribution in [1.29, 1.82) is 0 Å². The molecule has 0 fully saturated rings. The number of carbonyl (C=O) groups is 2. The Hall–Kier alpha value is -4.38. The standard InChI is InChI=1S/C31H35N3O7S/c1-7-33(8-2)30(37)27-19(4)32-31-34(28(27)22-17-21(38-5)14-15-24(22)39-6)29(36)25(42-31)16-20-12-10-11-13-23(20)41-18-26(35)40-9-3/h10-17,28H,7-9,18H2,1-6H3/b25-16+/t28-/m0/s1. The Morgan fingerprint density at radius 1 is 1.05 bits per heavy atom. The zero-order valence-corrected chi connectivity index (χ0v) is 25.4. The van der Waals surface area contributed by atoms with Gasteiger partial charge in [0, 0.05) is 24.2 Å².